The Balaban J connectivity index is 2.24. The molecule has 0 saturated heterocycles. The van der Waals surface area contributed by atoms with Crippen molar-refractivity contribution in [2.45, 2.75) is 19.8 Å². The Bertz CT molecular complexity index is 362. The molecule has 3 nitrogen and oxygen atoms in total. The van der Waals surface area contributed by atoms with Crippen LogP contribution in [0.2, 0.25) is 0 Å². The van der Waals surface area contributed by atoms with E-state index >= 15 is 0 Å². The summed E-state index contributed by atoms with van der Waals surface area (Å²) in [6, 6.07) is 3.89. The Morgan fingerprint density at radius 3 is 2.80 bits per heavy atom. The fraction of sp³-hybridized carbons (Fsp3) is 0.583. The first-order chi connectivity index (χ1) is 7.11. The van der Waals surface area contributed by atoms with Crippen molar-refractivity contribution in [3.05, 3.63) is 24.0 Å². The van der Waals surface area contributed by atoms with Crippen molar-refractivity contribution < 1.29 is 4.74 Å². The molecule has 0 spiro atoms. The van der Waals surface area contributed by atoms with Gasteiger partial charge in [0.1, 0.15) is 5.75 Å². The molecule has 0 amide bonds. The Morgan fingerprint density at radius 2 is 2.27 bits per heavy atom. The molecule has 0 radical (unpaired) electrons. The topological polar surface area (TPSA) is 48.1 Å². The molecule has 0 aromatic carbocycles. The zero-order valence-electron chi connectivity index (χ0n) is 9.53. The molecule has 1 aliphatic rings. The summed E-state index contributed by atoms with van der Waals surface area (Å²) in [5, 5.41) is 0. The van der Waals surface area contributed by atoms with E-state index in [-0.39, 0.29) is 5.41 Å². The summed E-state index contributed by atoms with van der Waals surface area (Å²) in [5.41, 5.74) is 7.14. The summed E-state index contributed by atoms with van der Waals surface area (Å²) in [5.74, 6) is 1.91. The summed E-state index contributed by atoms with van der Waals surface area (Å²) >= 11 is 0. The van der Waals surface area contributed by atoms with Gasteiger partial charge in [0.05, 0.1) is 7.11 Å². The molecule has 2 atom stereocenters. The van der Waals surface area contributed by atoms with Crippen LogP contribution in [0.25, 0.3) is 0 Å². The van der Waals surface area contributed by atoms with Gasteiger partial charge in [-0.05, 0) is 23.9 Å². The van der Waals surface area contributed by atoms with Crippen LogP contribution in [0.15, 0.2) is 18.3 Å². The standard InChI is InChI=1S/C12H18N2O/c1-12(2)9(7-13)11(12)10-6-8(15-3)4-5-14-10/h4-6,9,11H,7,13H2,1-3H3. The second-order valence-corrected chi connectivity index (χ2v) is 4.76. The molecule has 1 aromatic heterocycles. The maximum absolute atomic E-state index is 5.75. The quantitative estimate of drug-likeness (QED) is 0.820. The molecule has 1 fully saturated rings. The molecular weight excluding hydrogens is 188 g/mol. The highest BCUT2D eigenvalue weighted by Gasteiger charge is 2.58. The monoisotopic (exact) mass is 206 g/mol. The zero-order valence-corrected chi connectivity index (χ0v) is 9.53. The van der Waals surface area contributed by atoms with Crippen molar-refractivity contribution in [1.82, 2.24) is 4.98 Å². The molecule has 82 valence electrons. The minimum absolute atomic E-state index is 0.286. The number of hydrogen-bond acceptors (Lipinski definition) is 3. The minimum atomic E-state index is 0.286. The molecule has 2 N–H and O–H groups in total. The molecule has 2 unspecified atom stereocenters. The molecule has 15 heavy (non-hydrogen) atoms. The van der Waals surface area contributed by atoms with Crippen LogP contribution in [-0.2, 0) is 0 Å². The Morgan fingerprint density at radius 1 is 1.53 bits per heavy atom. The highest BCUT2D eigenvalue weighted by molar-refractivity contribution is 5.32. The molecule has 1 aromatic rings. The number of aromatic nitrogens is 1. The summed E-state index contributed by atoms with van der Waals surface area (Å²) in [6.45, 7) is 5.23. The molecule has 2 rings (SSSR count). The number of ether oxygens (including phenoxy) is 1. The van der Waals surface area contributed by atoms with E-state index < -0.39 is 0 Å². The van der Waals surface area contributed by atoms with Gasteiger partial charge in [-0.15, -0.1) is 0 Å². The largest absolute Gasteiger partial charge is 0.497 e. The van der Waals surface area contributed by atoms with Gasteiger partial charge in [-0.25, -0.2) is 0 Å². The second-order valence-electron chi connectivity index (χ2n) is 4.76. The van der Waals surface area contributed by atoms with Crippen molar-refractivity contribution in [2.75, 3.05) is 13.7 Å². The number of nitrogens with two attached hydrogens (primary N) is 1. The molecule has 0 bridgehead atoms. The fourth-order valence-corrected chi connectivity index (χ4v) is 2.50. The van der Waals surface area contributed by atoms with Crippen molar-refractivity contribution in [3.8, 4) is 5.75 Å². The fourth-order valence-electron chi connectivity index (χ4n) is 2.50. The zero-order chi connectivity index (χ0) is 11.1. The smallest absolute Gasteiger partial charge is 0.122 e. The average Bonchev–Trinajstić information content (AvgIpc) is 2.80. The van der Waals surface area contributed by atoms with Gasteiger partial charge in [-0.2, -0.15) is 0 Å². The molecule has 1 saturated carbocycles. The maximum Gasteiger partial charge on any atom is 0.122 e. The Hall–Kier alpha value is -1.09. The molecule has 1 aliphatic carbocycles. The first-order valence-corrected chi connectivity index (χ1v) is 5.31. The highest BCUT2D eigenvalue weighted by Crippen LogP contribution is 2.63. The van der Waals surface area contributed by atoms with Gasteiger partial charge in [0.25, 0.3) is 0 Å². The van der Waals surface area contributed by atoms with E-state index in [9.17, 15) is 0 Å². The predicted molar refractivity (Wildman–Crippen MR) is 59.9 cm³/mol. The lowest BCUT2D eigenvalue weighted by Gasteiger charge is -2.04. The number of hydrogen-bond donors (Lipinski definition) is 1. The first kappa shape index (κ1) is 10.4. The van der Waals surface area contributed by atoms with Crippen molar-refractivity contribution in [3.63, 3.8) is 0 Å². The summed E-state index contributed by atoms with van der Waals surface area (Å²) in [6.07, 6.45) is 1.80. The molecular formula is C12H18N2O. The lowest BCUT2D eigenvalue weighted by molar-refractivity contribution is 0.413. The Labute approximate surface area is 90.7 Å². The van der Waals surface area contributed by atoms with E-state index in [1.54, 1.807) is 13.3 Å². The van der Waals surface area contributed by atoms with Crippen molar-refractivity contribution >= 4 is 0 Å². The Kier molecular flexibility index (Phi) is 2.43. The summed E-state index contributed by atoms with van der Waals surface area (Å²) in [7, 11) is 1.68. The maximum atomic E-state index is 5.75. The third-order valence-electron chi connectivity index (χ3n) is 3.61. The van der Waals surface area contributed by atoms with Gasteiger partial charge in [0.15, 0.2) is 0 Å². The van der Waals surface area contributed by atoms with Crippen LogP contribution < -0.4 is 10.5 Å². The van der Waals surface area contributed by atoms with Gasteiger partial charge in [-0.3, -0.25) is 4.98 Å². The van der Waals surface area contributed by atoms with Crippen molar-refractivity contribution in [1.29, 1.82) is 0 Å². The van der Waals surface area contributed by atoms with Gasteiger partial charge < -0.3 is 10.5 Å². The van der Waals surface area contributed by atoms with Crippen LogP contribution >= 0.6 is 0 Å². The van der Waals surface area contributed by atoms with Crippen LogP contribution in [-0.4, -0.2) is 18.6 Å². The molecule has 1 heterocycles. The SMILES string of the molecule is COc1ccnc(C2C(CN)C2(C)C)c1. The number of methoxy groups -OCH3 is 1. The molecule has 0 aliphatic heterocycles. The van der Waals surface area contributed by atoms with E-state index in [0.717, 1.165) is 18.0 Å². The number of rotatable bonds is 3. The third-order valence-corrected chi connectivity index (χ3v) is 3.61. The van der Waals surface area contributed by atoms with Crippen LogP contribution in [0, 0.1) is 11.3 Å². The number of nitrogens with zero attached hydrogens (tertiary/aromatic N) is 1. The van der Waals surface area contributed by atoms with Gasteiger partial charge in [0.2, 0.25) is 0 Å². The lowest BCUT2D eigenvalue weighted by atomic mass is 10.1. The van der Waals surface area contributed by atoms with Crippen LogP contribution in [0.1, 0.15) is 25.5 Å². The lowest BCUT2D eigenvalue weighted by Crippen LogP contribution is -2.05. The first-order valence-electron chi connectivity index (χ1n) is 5.31. The van der Waals surface area contributed by atoms with E-state index in [1.165, 1.54) is 0 Å². The molecule has 3 heteroatoms. The second kappa shape index (κ2) is 3.49. The van der Waals surface area contributed by atoms with Crippen LogP contribution in [0.4, 0.5) is 0 Å². The van der Waals surface area contributed by atoms with E-state index in [4.69, 9.17) is 10.5 Å². The van der Waals surface area contributed by atoms with E-state index in [1.807, 2.05) is 12.1 Å². The van der Waals surface area contributed by atoms with Gasteiger partial charge >= 0.3 is 0 Å². The minimum Gasteiger partial charge on any atom is -0.497 e. The van der Waals surface area contributed by atoms with Gasteiger partial charge in [0, 0.05) is 23.9 Å². The highest BCUT2D eigenvalue weighted by atomic mass is 16.5. The predicted octanol–water partition coefficient (Wildman–Crippen LogP) is 1.79. The van der Waals surface area contributed by atoms with E-state index in [0.29, 0.717) is 11.8 Å². The summed E-state index contributed by atoms with van der Waals surface area (Å²) < 4.78 is 5.20. The van der Waals surface area contributed by atoms with Crippen molar-refractivity contribution in [2.24, 2.45) is 17.1 Å². The van der Waals surface area contributed by atoms with Crippen LogP contribution in [0.3, 0.4) is 0 Å². The third kappa shape index (κ3) is 1.61. The van der Waals surface area contributed by atoms with Crippen LogP contribution in [0.5, 0.6) is 5.75 Å². The van der Waals surface area contributed by atoms with Gasteiger partial charge in [-0.1, -0.05) is 13.8 Å². The average molecular weight is 206 g/mol. The van der Waals surface area contributed by atoms with E-state index in [2.05, 4.69) is 18.8 Å². The summed E-state index contributed by atoms with van der Waals surface area (Å²) in [4.78, 5) is 4.41. The number of pyridine rings is 1. The normalized spacial score (nSPS) is 27.5.